The van der Waals surface area contributed by atoms with E-state index in [-0.39, 0.29) is 102 Å². The molecular weight excluding hydrogens is 1200 g/mol. The molecule has 0 spiro atoms. The van der Waals surface area contributed by atoms with Gasteiger partial charge in [0.05, 0.1) is 63.0 Å². The fourth-order valence-electron chi connectivity index (χ4n) is 10.2. The Morgan fingerprint density at radius 2 is 1.31 bits per heavy atom. The standard InChI is InChI=1S/C56H75F2IN12O12/c57-56(58)32-42(33-60)71(39-56)50(74)34-63-54(81)44-14-16-61-46-13-12-43(31-45(44)46)83-30-4-17-65-26-28-70(29-27-65)55(82)47(64-48(72)7-3-5-40-8-10-41(59)11-9-40)6-1-2-15-62-49(73)35-66-18-20-67(36-51(75)76)22-24-69(38-53(79)80)25-23-68(21-19-66)37-52(77)78/h8-14,16,31,42,47H,1-7,15,17-30,32,34-39H2,(H,62,73)(H,63,81)(H,64,72)(H,75,76)(H,77,78)(H,79,80)/t42-,47-/m0/s1. The number of nitriles is 1. The number of ether oxygens (including phenoxy) is 1. The maximum Gasteiger partial charge on any atom is 0.317 e. The molecule has 0 bridgehead atoms. The summed E-state index contributed by atoms with van der Waals surface area (Å²) in [6.45, 7) is 3.17. The van der Waals surface area contributed by atoms with Crippen molar-refractivity contribution in [2.75, 3.05) is 138 Å². The Bertz CT molecular complexity index is 2720. The molecule has 3 fully saturated rings. The first-order valence-corrected chi connectivity index (χ1v) is 29.0. The number of unbranched alkanes of at least 4 members (excludes halogenated alkanes) is 1. The highest BCUT2D eigenvalue weighted by atomic mass is 127. The van der Waals surface area contributed by atoms with E-state index in [9.17, 15) is 67.7 Å². The maximum absolute atomic E-state index is 14.2. The molecule has 1 aromatic heterocycles. The third-order valence-electron chi connectivity index (χ3n) is 14.7. The van der Waals surface area contributed by atoms with Gasteiger partial charge >= 0.3 is 17.9 Å². The SMILES string of the molecule is N#C[C@@H]1CC(F)(F)CN1C(=O)CNC(=O)c1ccnc2ccc(OCCCN3CCN(C(=O)[C@H](CCCCNC(=O)CN4CCN(CC(=O)O)CCN(CC(=O)O)CCN(CC(=O)O)CC4)NC(=O)CCCc4ccc(I)cc4)CC3)cc12. The van der Waals surface area contributed by atoms with Crippen molar-refractivity contribution in [3.05, 3.63) is 69.4 Å². The second kappa shape index (κ2) is 33.0. The number of likely N-dealkylation sites (tertiary alicyclic amines) is 1. The number of nitrogens with zero attached hydrogens (tertiary/aromatic N) is 9. The first kappa shape index (κ1) is 65.4. The molecule has 6 N–H and O–H groups in total. The number of carbonyl (C=O) groups is 8. The number of nitrogens with one attached hydrogen (secondary N) is 3. The van der Waals surface area contributed by atoms with E-state index in [0.29, 0.717) is 108 Å². The lowest BCUT2D eigenvalue weighted by Gasteiger charge is -2.36. The number of piperazine rings is 1. The van der Waals surface area contributed by atoms with Crippen LogP contribution in [0, 0.1) is 14.9 Å². The van der Waals surface area contributed by atoms with E-state index in [0.717, 1.165) is 14.0 Å². The van der Waals surface area contributed by atoms with Gasteiger partial charge in [-0.25, -0.2) is 8.78 Å². The monoisotopic (exact) mass is 1270 g/mol. The third-order valence-corrected chi connectivity index (χ3v) is 15.4. The molecule has 0 saturated carbocycles. The molecule has 27 heteroatoms. The molecule has 83 heavy (non-hydrogen) atoms. The summed E-state index contributed by atoms with van der Waals surface area (Å²) in [6.07, 6.45) is 4.20. The summed E-state index contributed by atoms with van der Waals surface area (Å²) >= 11 is 2.24. The van der Waals surface area contributed by atoms with Crippen molar-refractivity contribution in [2.45, 2.75) is 69.4 Å². The number of halogens is 3. The van der Waals surface area contributed by atoms with Crippen LogP contribution < -0.4 is 20.7 Å². The van der Waals surface area contributed by atoms with Gasteiger partial charge in [-0.2, -0.15) is 5.26 Å². The molecule has 6 rings (SSSR count). The number of carboxylic acid groups (broad SMARTS) is 3. The van der Waals surface area contributed by atoms with Crippen LogP contribution in [-0.2, 0) is 40.0 Å². The van der Waals surface area contributed by atoms with Gasteiger partial charge in [-0.1, -0.05) is 12.1 Å². The van der Waals surface area contributed by atoms with Crippen molar-refractivity contribution in [3.63, 3.8) is 0 Å². The van der Waals surface area contributed by atoms with Crippen LogP contribution in [0.4, 0.5) is 8.78 Å². The molecule has 4 heterocycles. The number of rotatable bonds is 27. The van der Waals surface area contributed by atoms with E-state index >= 15 is 0 Å². The minimum Gasteiger partial charge on any atom is -0.494 e. The largest absolute Gasteiger partial charge is 0.494 e. The second-order valence-corrected chi connectivity index (χ2v) is 22.3. The normalized spacial score (nSPS) is 18.3. The molecule has 3 saturated heterocycles. The highest BCUT2D eigenvalue weighted by Crippen LogP contribution is 2.32. The van der Waals surface area contributed by atoms with Crippen LogP contribution in [0.1, 0.15) is 60.9 Å². The predicted molar refractivity (Wildman–Crippen MR) is 307 cm³/mol. The van der Waals surface area contributed by atoms with E-state index in [1.165, 1.54) is 12.3 Å². The summed E-state index contributed by atoms with van der Waals surface area (Å²) in [4.78, 5) is 118. The second-order valence-electron chi connectivity index (χ2n) is 21.0. The van der Waals surface area contributed by atoms with E-state index < -0.39 is 67.2 Å². The number of amides is 5. The number of pyridine rings is 1. The summed E-state index contributed by atoms with van der Waals surface area (Å²) in [5.74, 6) is -7.97. The first-order valence-electron chi connectivity index (χ1n) is 28.0. The highest BCUT2D eigenvalue weighted by Gasteiger charge is 2.47. The van der Waals surface area contributed by atoms with Crippen molar-refractivity contribution in [2.24, 2.45) is 0 Å². The minimum absolute atomic E-state index is 0.0349. The molecule has 2 atom stereocenters. The Labute approximate surface area is 494 Å². The Balaban J connectivity index is 0.969. The Hall–Kier alpha value is -6.71. The fourth-order valence-corrected chi connectivity index (χ4v) is 10.6. The third kappa shape index (κ3) is 22.4. The molecule has 3 aliphatic heterocycles. The van der Waals surface area contributed by atoms with Gasteiger partial charge in [0.2, 0.25) is 23.6 Å². The summed E-state index contributed by atoms with van der Waals surface area (Å²) in [5.41, 5.74) is 1.80. The van der Waals surface area contributed by atoms with Gasteiger partial charge in [0.15, 0.2) is 0 Å². The molecule has 24 nitrogen and oxygen atoms in total. The number of aryl methyl sites for hydroxylation is 1. The molecule has 3 aliphatic rings. The molecule has 3 aromatic rings. The number of carbonyl (C=O) groups excluding carboxylic acids is 5. The van der Waals surface area contributed by atoms with Gasteiger partial charge in [0.25, 0.3) is 11.8 Å². The summed E-state index contributed by atoms with van der Waals surface area (Å²) in [6, 6.07) is 14.3. The lowest BCUT2D eigenvalue weighted by Crippen LogP contribution is -2.55. The van der Waals surface area contributed by atoms with Crippen LogP contribution in [-0.4, -0.2) is 258 Å². The molecule has 452 valence electrons. The van der Waals surface area contributed by atoms with Gasteiger partial charge in [-0.05, 0) is 103 Å². The average molecular weight is 1270 g/mol. The fraction of sp³-hybridized carbons (Fsp3) is 0.571. The van der Waals surface area contributed by atoms with Gasteiger partial charge in [-0.3, -0.25) is 67.8 Å². The molecule has 0 aliphatic carbocycles. The minimum atomic E-state index is -3.18. The number of aromatic nitrogens is 1. The number of fused-ring (bicyclic) bond motifs is 1. The van der Waals surface area contributed by atoms with Gasteiger partial charge in [0, 0.05) is 120 Å². The Morgan fingerprint density at radius 3 is 1.90 bits per heavy atom. The smallest absolute Gasteiger partial charge is 0.317 e. The van der Waals surface area contributed by atoms with Crippen LogP contribution in [0.25, 0.3) is 10.9 Å². The summed E-state index contributed by atoms with van der Waals surface area (Å²) in [5, 5.41) is 46.8. The van der Waals surface area contributed by atoms with E-state index in [1.807, 2.05) is 29.2 Å². The zero-order valence-corrected chi connectivity index (χ0v) is 48.7. The Morgan fingerprint density at radius 1 is 0.723 bits per heavy atom. The predicted octanol–water partition coefficient (Wildman–Crippen LogP) is 1.51. The van der Waals surface area contributed by atoms with Crippen molar-refractivity contribution in [3.8, 4) is 11.8 Å². The van der Waals surface area contributed by atoms with Crippen LogP contribution in [0.2, 0.25) is 0 Å². The summed E-state index contributed by atoms with van der Waals surface area (Å²) < 4.78 is 35.0. The topological polar surface area (TPSA) is 302 Å². The first-order chi connectivity index (χ1) is 39.7. The number of hydrogen-bond acceptors (Lipinski definition) is 16. The molecule has 0 radical (unpaired) electrons. The average Bonchev–Trinajstić information content (AvgIpc) is 4.07. The van der Waals surface area contributed by atoms with Crippen LogP contribution >= 0.6 is 22.6 Å². The summed E-state index contributed by atoms with van der Waals surface area (Å²) in [7, 11) is 0. The van der Waals surface area contributed by atoms with Crippen molar-refractivity contribution < 1.29 is 67.2 Å². The highest BCUT2D eigenvalue weighted by molar-refractivity contribution is 14.1. The lowest BCUT2D eigenvalue weighted by molar-refractivity contribution is -0.140. The molecule has 5 amide bonds. The van der Waals surface area contributed by atoms with Crippen LogP contribution in [0.5, 0.6) is 5.75 Å². The lowest BCUT2D eigenvalue weighted by atomic mass is 10.1. The Kier molecular flexibility index (Phi) is 26.0. The van der Waals surface area contributed by atoms with Crippen molar-refractivity contribution in [1.29, 1.82) is 5.26 Å². The number of benzene rings is 2. The zero-order valence-electron chi connectivity index (χ0n) is 46.5. The van der Waals surface area contributed by atoms with Gasteiger partial charge in [-0.15, -0.1) is 0 Å². The van der Waals surface area contributed by atoms with Crippen LogP contribution in [0.3, 0.4) is 0 Å². The van der Waals surface area contributed by atoms with Crippen molar-refractivity contribution >= 4 is 80.9 Å². The van der Waals surface area contributed by atoms with Crippen molar-refractivity contribution in [1.82, 2.24) is 55.2 Å². The number of alkyl halides is 2. The zero-order chi connectivity index (χ0) is 59.9. The van der Waals surface area contributed by atoms with Gasteiger partial charge in [0.1, 0.15) is 17.8 Å². The maximum atomic E-state index is 14.2. The quantitative estimate of drug-likeness (QED) is 0.0466. The molecule has 2 aromatic carbocycles. The number of aliphatic carboxylic acids is 3. The van der Waals surface area contributed by atoms with E-state index in [4.69, 9.17) is 4.74 Å². The number of hydrogen-bond donors (Lipinski definition) is 6. The molecular formula is C56H75F2IN12O12. The number of carboxylic acids is 3. The van der Waals surface area contributed by atoms with E-state index in [1.54, 1.807) is 43.9 Å². The van der Waals surface area contributed by atoms with Crippen LogP contribution in [0.15, 0.2) is 54.7 Å². The van der Waals surface area contributed by atoms with E-state index in [2.05, 4.69) is 48.4 Å². The van der Waals surface area contributed by atoms with Gasteiger partial charge < -0.3 is 45.8 Å². The molecule has 0 unspecified atom stereocenters.